The van der Waals surface area contributed by atoms with E-state index >= 15 is 0 Å². The normalized spacial score (nSPS) is 21.9. The van der Waals surface area contributed by atoms with Crippen LogP contribution in [0.2, 0.25) is 0 Å². The van der Waals surface area contributed by atoms with E-state index in [4.69, 9.17) is 9.72 Å². The maximum absolute atomic E-state index is 14.9. The summed E-state index contributed by atoms with van der Waals surface area (Å²) in [7, 11) is 0. The highest BCUT2D eigenvalue weighted by Gasteiger charge is 2.56. The standard InChI is InChI=1S/C41H50FN7O3/c1-26(2)48-25-44-34-19-28(20-35(37(34)48)45-33-11-14-43-24-32(33)42)27-9-10-31-36(21-27)49(30-22-29(23-30)46-15-7-6-8-16-46)38(50)41(31)12-17-47(18-13-41)39(51)52-40(3,4)5/h9-11,14,19-21,24-26,29-30H,6-8,12-13,15-18,22-23H2,1-5H3,(H,43,45)/t29-,30+. The number of amides is 2. The average Bonchev–Trinajstić information content (AvgIpc) is 3.63. The number of anilines is 3. The Hall–Kier alpha value is -4.51. The number of halogens is 1. The number of hydrogen-bond donors (Lipinski definition) is 1. The van der Waals surface area contributed by atoms with Gasteiger partial charge in [0.1, 0.15) is 5.60 Å². The number of carbonyl (C=O) groups is 2. The van der Waals surface area contributed by atoms with Gasteiger partial charge in [-0.25, -0.2) is 14.2 Å². The molecule has 0 bridgehead atoms. The second-order valence-electron chi connectivity index (χ2n) is 16.4. The topological polar surface area (TPSA) is 95.8 Å². The van der Waals surface area contributed by atoms with E-state index in [0.717, 1.165) is 65.0 Å². The van der Waals surface area contributed by atoms with Gasteiger partial charge in [0.05, 0.1) is 40.3 Å². The number of pyridine rings is 1. The van der Waals surface area contributed by atoms with Crippen molar-refractivity contribution in [2.24, 2.45) is 0 Å². The fourth-order valence-corrected chi connectivity index (χ4v) is 8.81. The minimum absolute atomic E-state index is 0.132. The molecule has 11 heteroatoms. The van der Waals surface area contributed by atoms with Gasteiger partial charge in [-0.3, -0.25) is 9.78 Å². The molecule has 52 heavy (non-hydrogen) atoms. The lowest BCUT2D eigenvalue weighted by Gasteiger charge is -2.48. The minimum Gasteiger partial charge on any atom is -0.444 e. The fourth-order valence-electron chi connectivity index (χ4n) is 8.81. The van der Waals surface area contributed by atoms with E-state index in [2.05, 4.69) is 68.8 Å². The average molecular weight is 708 g/mol. The molecule has 2 aromatic heterocycles. The molecule has 2 amide bonds. The molecule has 274 valence electrons. The Kier molecular flexibility index (Phi) is 8.75. The van der Waals surface area contributed by atoms with E-state index in [1.54, 1.807) is 17.2 Å². The third-order valence-corrected chi connectivity index (χ3v) is 11.6. The second-order valence-corrected chi connectivity index (χ2v) is 16.4. The van der Waals surface area contributed by atoms with Crippen molar-refractivity contribution in [3.63, 3.8) is 0 Å². The van der Waals surface area contributed by atoms with E-state index in [1.807, 2.05) is 27.1 Å². The van der Waals surface area contributed by atoms with Gasteiger partial charge in [0.2, 0.25) is 5.91 Å². The molecule has 3 fully saturated rings. The number of imidazole rings is 1. The van der Waals surface area contributed by atoms with Crippen molar-refractivity contribution in [1.29, 1.82) is 0 Å². The van der Waals surface area contributed by atoms with Gasteiger partial charge in [-0.15, -0.1) is 0 Å². The second kappa shape index (κ2) is 13.2. The van der Waals surface area contributed by atoms with Gasteiger partial charge in [-0.05, 0) is 127 Å². The lowest BCUT2D eigenvalue weighted by Crippen LogP contribution is -2.58. The quantitative estimate of drug-likeness (QED) is 0.216. The molecule has 1 aliphatic carbocycles. The van der Waals surface area contributed by atoms with Gasteiger partial charge in [0, 0.05) is 43.1 Å². The maximum atomic E-state index is 14.9. The number of carbonyl (C=O) groups excluding carboxylic acids is 2. The molecule has 2 aromatic carbocycles. The number of aromatic nitrogens is 3. The molecule has 4 aromatic rings. The third-order valence-electron chi connectivity index (χ3n) is 11.6. The number of piperidine rings is 2. The number of fused-ring (bicyclic) bond motifs is 3. The van der Waals surface area contributed by atoms with Gasteiger partial charge in [0.15, 0.2) is 5.82 Å². The largest absolute Gasteiger partial charge is 0.444 e. The Labute approximate surface area is 305 Å². The molecule has 2 saturated heterocycles. The van der Waals surface area contributed by atoms with E-state index < -0.39 is 16.8 Å². The molecule has 0 atom stereocenters. The van der Waals surface area contributed by atoms with Crippen molar-refractivity contribution < 1.29 is 18.7 Å². The highest BCUT2D eigenvalue weighted by molar-refractivity contribution is 6.09. The zero-order valence-electron chi connectivity index (χ0n) is 31.0. The van der Waals surface area contributed by atoms with Crippen LogP contribution in [0.3, 0.4) is 0 Å². The number of nitrogens with one attached hydrogen (secondary N) is 1. The molecular formula is C41H50FN7O3. The summed E-state index contributed by atoms with van der Waals surface area (Å²) in [5, 5.41) is 3.33. The maximum Gasteiger partial charge on any atom is 0.410 e. The molecule has 0 unspecified atom stereocenters. The minimum atomic E-state index is -0.686. The third kappa shape index (κ3) is 6.10. The Morgan fingerprint density at radius 2 is 1.71 bits per heavy atom. The van der Waals surface area contributed by atoms with E-state index in [0.29, 0.717) is 37.7 Å². The molecular weight excluding hydrogens is 657 g/mol. The van der Waals surface area contributed by atoms with Crippen LogP contribution >= 0.6 is 0 Å². The first-order valence-electron chi connectivity index (χ1n) is 19.0. The van der Waals surface area contributed by atoms with Gasteiger partial charge >= 0.3 is 6.09 Å². The summed E-state index contributed by atoms with van der Waals surface area (Å²) in [5.41, 5.74) is 5.41. The van der Waals surface area contributed by atoms with Crippen molar-refractivity contribution in [2.45, 2.75) is 109 Å². The summed E-state index contributed by atoms with van der Waals surface area (Å²) >= 11 is 0. The number of rotatable bonds is 6. The molecule has 1 spiro atoms. The molecule has 4 aliphatic rings. The highest BCUT2D eigenvalue weighted by Crippen LogP contribution is 2.52. The van der Waals surface area contributed by atoms with Crippen molar-refractivity contribution in [3.8, 4) is 11.1 Å². The number of nitrogens with zero attached hydrogens (tertiary/aromatic N) is 6. The number of likely N-dealkylation sites (tertiary alicyclic amines) is 2. The van der Waals surface area contributed by atoms with E-state index in [1.165, 1.54) is 25.5 Å². The van der Waals surface area contributed by atoms with Gasteiger partial charge in [-0.1, -0.05) is 18.6 Å². The molecule has 8 rings (SSSR count). The Morgan fingerprint density at radius 3 is 2.40 bits per heavy atom. The van der Waals surface area contributed by atoms with Crippen LogP contribution in [0.15, 0.2) is 55.1 Å². The number of ether oxygens (including phenoxy) is 1. The van der Waals surface area contributed by atoms with Crippen LogP contribution in [0.1, 0.15) is 91.2 Å². The smallest absolute Gasteiger partial charge is 0.410 e. The van der Waals surface area contributed by atoms with Crippen LogP contribution in [-0.4, -0.2) is 80.2 Å². The first kappa shape index (κ1) is 34.6. The first-order chi connectivity index (χ1) is 24.9. The van der Waals surface area contributed by atoms with Gasteiger partial charge < -0.3 is 29.3 Å². The van der Waals surface area contributed by atoms with Gasteiger partial charge in [0.25, 0.3) is 0 Å². The number of hydrogen-bond acceptors (Lipinski definition) is 7. The summed E-state index contributed by atoms with van der Waals surface area (Å²) in [6.45, 7) is 13.0. The van der Waals surface area contributed by atoms with Crippen molar-refractivity contribution >= 4 is 40.1 Å². The van der Waals surface area contributed by atoms with Crippen molar-refractivity contribution in [3.05, 3.63) is 66.5 Å². The highest BCUT2D eigenvalue weighted by atomic mass is 19.1. The Morgan fingerprint density at radius 1 is 0.962 bits per heavy atom. The zero-order valence-corrected chi connectivity index (χ0v) is 31.0. The van der Waals surface area contributed by atoms with Crippen molar-refractivity contribution in [2.75, 3.05) is 36.4 Å². The van der Waals surface area contributed by atoms with E-state index in [9.17, 15) is 14.0 Å². The Bertz CT molecular complexity index is 2000. The van der Waals surface area contributed by atoms with Gasteiger partial charge in [-0.2, -0.15) is 0 Å². The van der Waals surface area contributed by atoms with E-state index in [-0.39, 0.29) is 24.1 Å². The van der Waals surface area contributed by atoms with Crippen LogP contribution in [0.25, 0.3) is 22.2 Å². The van der Waals surface area contributed by atoms with Crippen LogP contribution in [0.5, 0.6) is 0 Å². The molecule has 5 heterocycles. The lowest BCUT2D eigenvalue weighted by molar-refractivity contribution is -0.126. The summed E-state index contributed by atoms with van der Waals surface area (Å²) in [6, 6.07) is 13.0. The molecule has 0 radical (unpaired) electrons. The van der Waals surface area contributed by atoms with Crippen molar-refractivity contribution in [1.82, 2.24) is 24.3 Å². The summed E-state index contributed by atoms with van der Waals surface area (Å²) in [5.74, 6) is -0.276. The van der Waals surface area contributed by atoms with Crippen LogP contribution in [-0.2, 0) is 14.9 Å². The SMILES string of the molecule is CC(C)n1cnc2cc(-c3ccc4c(c3)N([C@H]3C[C@@H](N5CCCCC5)C3)C(=O)C43CCN(C(=O)OC(C)(C)C)CC3)cc(Nc3ccncc3F)c21. The predicted molar refractivity (Wildman–Crippen MR) is 201 cm³/mol. The fraction of sp³-hybridized carbons (Fsp3) is 0.512. The Balaban J connectivity index is 1.16. The summed E-state index contributed by atoms with van der Waals surface area (Å²) in [4.78, 5) is 43.1. The summed E-state index contributed by atoms with van der Waals surface area (Å²) in [6.07, 6.45) is 11.1. The molecule has 1 saturated carbocycles. The molecule has 1 N–H and O–H groups in total. The predicted octanol–water partition coefficient (Wildman–Crippen LogP) is 8.19. The molecule has 10 nitrogen and oxygen atoms in total. The lowest BCUT2D eigenvalue weighted by atomic mass is 9.73. The summed E-state index contributed by atoms with van der Waals surface area (Å²) < 4.78 is 22.7. The van der Waals surface area contributed by atoms with Crippen LogP contribution in [0, 0.1) is 5.82 Å². The number of benzene rings is 2. The molecule has 3 aliphatic heterocycles. The first-order valence-corrected chi connectivity index (χ1v) is 19.0. The zero-order chi connectivity index (χ0) is 36.4. The van der Waals surface area contributed by atoms with Crippen LogP contribution in [0.4, 0.5) is 26.2 Å². The van der Waals surface area contributed by atoms with Crippen LogP contribution < -0.4 is 10.2 Å². The monoisotopic (exact) mass is 707 g/mol.